The van der Waals surface area contributed by atoms with Gasteiger partial charge in [-0.25, -0.2) is 0 Å². The van der Waals surface area contributed by atoms with Crippen LogP contribution in [0.4, 0.5) is 0 Å². The van der Waals surface area contributed by atoms with E-state index in [1.54, 1.807) is 0 Å². The third-order valence-corrected chi connectivity index (χ3v) is 13.7. The molecule has 0 radical (unpaired) electrons. The first-order valence-electron chi connectivity index (χ1n) is 16.4. The zero-order valence-corrected chi connectivity index (χ0v) is 27.4. The lowest BCUT2D eigenvalue weighted by atomic mass is 10.0. The lowest BCUT2D eigenvalue weighted by Gasteiger charge is -2.43. The van der Waals surface area contributed by atoms with Gasteiger partial charge in [-0.05, 0) is 35.2 Å². The summed E-state index contributed by atoms with van der Waals surface area (Å²) in [6, 6.07) is 21.8. The highest BCUT2D eigenvalue weighted by atomic mass is 28.4. The summed E-state index contributed by atoms with van der Waals surface area (Å²) in [5, 5.41) is 2.64. The third kappa shape index (κ3) is 9.71. The Morgan fingerprint density at radius 3 is 1.62 bits per heavy atom. The highest BCUT2D eigenvalue weighted by molar-refractivity contribution is 6.99. The van der Waals surface area contributed by atoms with E-state index in [0.717, 1.165) is 6.42 Å². The number of epoxide rings is 1. The van der Waals surface area contributed by atoms with Crippen molar-refractivity contribution in [2.24, 2.45) is 0 Å². The zero-order chi connectivity index (χ0) is 28.7. The fraction of sp³-hybridized carbons (Fsp3) is 0.622. The number of unbranched alkanes of at least 4 members (excludes halogenated alkanes) is 13. The summed E-state index contributed by atoms with van der Waals surface area (Å²) >= 11 is 0. The van der Waals surface area contributed by atoms with E-state index in [1.807, 2.05) is 0 Å². The Hall–Kier alpha value is -1.68. The van der Waals surface area contributed by atoms with Gasteiger partial charge in [0.25, 0.3) is 8.32 Å². The first-order chi connectivity index (χ1) is 19.3. The average molecular weight is 563 g/mol. The predicted molar refractivity (Wildman–Crippen MR) is 176 cm³/mol. The largest absolute Gasteiger partial charge is 0.404 e. The summed E-state index contributed by atoms with van der Waals surface area (Å²) in [6.45, 7) is 12.1. The molecule has 40 heavy (non-hydrogen) atoms. The normalized spacial score (nSPS) is 19.4. The molecule has 0 amide bonds. The molecule has 0 spiro atoms. The molecule has 0 aliphatic carbocycles. The summed E-state index contributed by atoms with van der Waals surface area (Å²) in [5.74, 6) is 0. The molecule has 0 bridgehead atoms. The first-order valence-corrected chi connectivity index (χ1v) is 18.3. The maximum absolute atomic E-state index is 7.13. The molecular formula is C37H58O2Si. The topological polar surface area (TPSA) is 21.8 Å². The molecule has 2 atom stereocenters. The Morgan fingerprint density at radius 1 is 0.725 bits per heavy atom. The van der Waals surface area contributed by atoms with Gasteiger partial charge in [0.15, 0.2) is 0 Å². The van der Waals surface area contributed by atoms with Crippen LogP contribution in [0.3, 0.4) is 0 Å². The predicted octanol–water partition coefficient (Wildman–Crippen LogP) is 9.76. The van der Waals surface area contributed by atoms with Crippen molar-refractivity contribution >= 4 is 18.7 Å². The average Bonchev–Trinajstić information content (AvgIpc) is 3.60. The summed E-state index contributed by atoms with van der Waals surface area (Å²) in [7, 11) is -2.53. The lowest BCUT2D eigenvalue weighted by molar-refractivity contribution is 0.192. The second kappa shape index (κ2) is 16.7. The summed E-state index contributed by atoms with van der Waals surface area (Å²) in [5.41, 5.74) is -0.237. The van der Waals surface area contributed by atoms with Gasteiger partial charge in [-0.2, -0.15) is 0 Å². The van der Waals surface area contributed by atoms with Crippen LogP contribution in [0.15, 0.2) is 72.8 Å². The number of hydrogen-bond donors (Lipinski definition) is 0. The number of ether oxygens (including phenoxy) is 1. The van der Waals surface area contributed by atoms with Crippen LogP contribution in [0.25, 0.3) is 0 Å². The van der Waals surface area contributed by atoms with Crippen molar-refractivity contribution in [3.05, 3.63) is 72.8 Å². The Bertz CT molecular complexity index is 925. The second-order valence-electron chi connectivity index (χ2n) is 13.3. The molecule has 3 rings (SSSR count). The van der Waals surface area contributed by atoms with E-state index in [-0.39, 0.29) is 16.7 Å². The lowest BCUT2D eigenvalue weighted by Crippen LogP contribution is -2.67. The molecule has 3 heteroatoms. The molecule has 2 aromatic carbocycles. The molecule has 0 saturated carbocycles. The Kier molecular flexibility index (Phi) is 13.7. The van der Waals surface area contributed by atoms with E-state index in [1.165, 1.54) is 93.8 Å². The molecule has 1 heterocycles. The Labute approximate surface area is 248 Å². The van der Waals surface area contributed by atoms with Gasteiger partial charge in [0, 0.05) is 0 Å². The maximum atomic E-state index is 7.13. The summed E-state index contributed by atoms with van der Waals surface area (Å²) < 4.78 is 13.3. The minimum Gasteiger partial charge on any atom is -0.404 e. The van der Waals surface area contributed by atoms with Crippen LogP contribution in [0.1, 0.15) is 125 Å². The van der Waals surface area contributed by atoms with Gasteiger partial charge in [0.2, 0.25) is 0 Å². The number of allylic oxidation sites excluding steroid dienone is 1. The monoisotopic (exact) mass is 562 g/mol. The highest BCUT2D eigenvalue weighted by Gasteiger charge is 2.56. The Morgan fingerprint density at radius 2 is 1.18 bits per heavy atom. The van der Waals surface area contributed by atoms with Gasteiger partial charge in [0.1, 0.15) is 11.7 Å². The van der Waals surface area contributed by atoms with Gasteiger partial charge in [-0.3, -0.25) is 0 Å². The van der Waals surface area contributed by atoms with Crippen LogP contribution in [-0.4, -0.2) is 26.6 Å². The van der Waals surface area contributed by atoms with Crippen molar-refractivity contribution in [3.8, 4) is 0 Å². The standard InChI is InChI=1S/C37H58O2Si/c1-6-7-8-9-10-11-12-13-14-15-16-17-18-19-26-31-35-37(5,39-35)32-38-40(36(2,3)4,33-27-22-20-23-28-33)34-29-24-21-25-30-34/h20-31,35H,6-19,32H2,1-5H3/b31-26+. The quantitative estimate of drug-likeness (QED) is 0.0693. The van der Waals surface area contributed by atoms with Crippen LogP contribution >= 0.6 is 0 Å². The van der Waals surface area contributed by atoms with E-state index < -0.39 is 8.32 Å². The molecule has 1 saturated heterocycles. The third-order valence-electron chi connectivity index (χ3n) is 8.72. The zero-order valence-electron chi connectivity index (χ0n) is 26.4. The summed E-state index contributed by atoms with van der Waals surface area (Å²) in [6.07, 6.45) is 24.2. The van der Waals surface area contributed by atoms with Crippen molar-refractivity contribution < 1.29 is 9.16 Å². The van der Waals surface area contributed by atoms with Crippen molar-refractivity contribution in [2.75, 3.05) is 6.61 Å². The molecule has 1 aliphatic rings. The Balaban J connectivity index is 1.39. The van der Waals surface area contributed by atoms with Gasteiger partial charge in [-0.1, -0.05) is 178 Å². The number of hydrogen-bond acceptors (Lipinski definition) is 2. The molecule has 222 valence electrons. The van der Waals surface area contributed by atoms with Crippen molar-refractivity contribution in [3.63, 3.8) is 0 Å². The number of benzene rings is 2. The van der Waals surface area contributed by atoms with Crippen molar-refractivity contribution in [1.82, 2.24) is 0 Å². The molecule has 0 aromatic heterocycles. The molecule has 2 aromatic rings. The molecule has 2 unspecified atom stereocenters. The highest BCUT2D eigenvalue weighted by Crippen LogP contribution is 2.42. The van der Waals surface area contributed by atoms with Gasteiger partial charge < -0.3 is 9.16 Å². The molecule has 0 N–H and O–H groups in total. The fourth-order valence-electron chi connectivity index (χ4n) is 6.13. The minimum absolute atomic E-state index is 0.0134. The second-order valence-corrected chi connectivity index (χ2v) is 17.6. The number of rotatable bonds is 20. The molecule has 1 aliphatic heterocycles. The van der Waals surface area contributed by atoms with Crippen LogP contribution in [0.5, 0.6) is 0 Å². The molecule has 1 fully saturated rings. The molecule has 2 nitrogen and oxygen atoms in total. The van der Waals surface area contributed by atoms with Crippen LogP contribution in [0, 0.1) is 0 Å². The maximum Gasteiger partial charge on any atom is 0.261 e. The van der Waals surface area contributed by atoms with Crippen molar-refractivity contribution in [2.45, 2.75) is 141 Å². The van der Waals surface area contributed by atoms with E-state index in [2.05, 4.69) is 107 Å². The summed E-state index contributed by atoms with van der Waals surface area (Å²) in [4.78, 5) is 0. The van der Waals surface area contributed by atoms with Gasteiger partial charge in [0.05, 0.1) is 6.61 Å². The molecular weight excluding hydrogens is 504 g/mol. The van der Waals surface area contributed by atoms with Crippen molar-refractivity contribution in [1.29, 1.82) is 0 Å². The van der Waals surface area contributed by atoms with Crippen LogP contribution < -0.4 is 10.4 Å². The van der Waals surface area contributed by atoms with E-state index >= 15 is 0 Å². The van der Waals surface area contributed by atoms with Gasteiger partial charge >= 0.3 is 0 Å². The van der Waals surface area contributed by atoms with Crippen LogP contribution in [0.2, 0.25) is 5.04 Å². The van der Waals surface area contributed by atoms with E-state index in [4.69, 9.17) is 9.16 Å². The van der Waals surface area contributed by atoms with E-state index in [9.17, 15) is 0 Å². The van der Waals surface area contributed by atoms with Crippen LogP contribution in [-0.2, 0) is 9.16 Å². The van der Waals surface area contributed by atoms with Gasteiger partial charge in [-0.15, -0.1) is 0 Å². The minimum atomic E-state index is -2.53. The SMILES string of the molecule is CCCCCCCCCCCCCCC/C=C/C1OC1(C)CO[Si](c1ccccc1)(c1ccccc1)C(C)(C)C. The fourth-order valence-corrected chi connectivity index (χ4v) is 10.8. The van der Waals surface area contributed by atoms with E-state index in [0.29, 0.717) is 6.61 Å². The first kappa shape index (κ1) is 32.8. The smallest absolute Gasteiger partial charge is 0.261 e.